The molecule has 2 aliphatic rings. The monoisotopic (exact) mass is 210 g/mol. The zero-order valence-corrected chi connectivity index (χ0v) is 8.33. The summed E-state index contributed by atoms with van der Waals surface area (Å²) in [7, 11) is 0. The minimum Gasteiger partial charge on any atom is -0.366 e. The highest BCUT2D eigenvalue weighted by atomic mass is 35.5. The van der Waals surface area contributed by atoms with Crippen LogP contribution in [-0.4, -0.2) is 17.4 Å². The molecule has 2 N–H and O–H groups in total. The maximum absolute atomic E-state index is 10.9. The lowest BCUT2D eigenvalue weighted by Gasteiger charge is -2.26. The Kier molecular flexibility index (Phi) is 3.14. The number of nitrogens with zero attached hydrogens (tertiary/aromatic N) is 1. The number of hydrogen-bond donors (Lipinski definition) is 1. The van der Waals surface area contributed by atoms with Crippen LogP contribution in [0.4, 0.5) is 0 Å². The maximum Gasteiger partial charge on any atom is 0.246 e. The van der Waals surface area contributed by atoms with Crippen molar-refractivity contribution in [1.82, 2.24) is 4.90 Å². The molecule has 2 heterocycles. The molecular weight excluding hydrogens is 200 g/mol. The summed E-state index contributed by atoms with van der Waals surface area (Å²) >= 11 is 0. The van der Waals surface area contributed by atoms with Gasteiger partial charge in [-0.2, -0.15) is 0 Å². The fourth-order valence-electron chi connectivity index (χ4n) is 1.37. The fourth-order valence-corrected chi connectivity index (χ4v) is 1.37. The van der Waals surface area contributed by atoms with Gasteiger partial charge in [-0.25, -0.2) is 0 Å². The lowest BCUT2D eigenvalue weighted by molar-refractivity contribution is -0.114. The predicted molar refractivity (Wildman–Crippen MR) is 57.6 cm³/mol. The number of halogens is 1. The summed E-state index contributed by atoms with van der Waals surface area (Å²) in [5, 5.41) is 0. The highest BCUT2D eigenvalue weighted by Gasteiger charge is 2.15. The molecule has 4 heteroatoms. The van der Waals surface area contributed by atoms with E-state index in [9.17, 15) is 4.79 Å². The number of amides is 1. The molecule has 74 valence electrons. The van der Waals surface area contributed by atoms with Gasteiger partial charge < -0.3 is 10.6 Å². The Morgan fingerprint density at radius 1 is 1.36 bits per heavy atom. The van der Waals surface area contributed by atoms with Crippen molar-refractivity contribution in [2.45, 2.75) is 0 Å². The summed E-state index contributed by atoms with van der Waals surface area (Å²) in [6, 6.07) is 0. The van der Waals surface area contributed by atoms with E-state index in [4.69, 9.17) is 5.73 Å². The number of fused-ring (bicyclic) bond motifs is 1. The normalized spacial score (nSPS) is 17.9. The second-order valence-corrected chi connectivity index (χ2v) is 2.98. The van der Waals surface area contributed by atoms with Crippen LogP contribution in [0.25, 0.3) is 0 Å². The van der Waals surface area contributed by atoms with Crippen LogP contribution < -0.4 is 5.73 Å². The molecule has 0 saturated heterocycles. The van der Waals surface area contributed by atoms with Crippen molar-refractivity contribution in [1.29, 1.82) is 0 Å². The molecule has 0 aromatic carbocycles. The number of allylic oxidation sites excluding steroid dienone is 5. The van der Waals surface area contributed by atoms with Crippen molar-refractivity contribution in [2.24, 2.45) is 5.73 Å². The third-order valence-corrected chi connectivity index (χ3v) is 2.09. The van der Waals surface area contributed by atoms with Crippen molar-refractivity contribution in [3.63, 3.8) is 0 Å². The Bertz CT molecular complexity index is 366. The molecule has 0 fully saturated rings. The molecule has 0 aromatic rings. The van der Waals surface area contributed by atoms with E-state index in [-0.39, 0.29) is 18.3 Å². The minimum atomic E-state index is -0.349. The van der Waals surface area contributed by atoms with Crippen molar-refractivity contribution < 1.29 is 4.79 Å². The summed E-state index contributed by atoms with van der Waals surface area (Å²) in [6.45, 7) is 0.571. The Labute approximate surface area is 88.7 Å². The van der Waals surface area contributed by atoms with Gasteiger partial charge in [0.1, 0.15) is 0 Å². The lowest BCUT2D eigenvalue weighted by atomic mass is 10.1. The van der Waals surface area contributed by atoms with Gasteiger partial charge in [0, 0.05) is 17.5 Å². The molecule has 0 unspecified atom stereocenters. The van der Waals surface area contributed by atoms with Gasteiger partial charge in [-0.05, 0) is 24.3 Å². The summed E-state index contributed by atoms with van der Waals surface area (Å²) in [4.78, 5) is 12.9. The summed E-state index contributed by atoms with van der Waals surface area (Å²) in [5.74, 6) is -0.349. The van der Waals surface area contributed by atoms with E-state index in [0.29, 0.717) is 12.1 Å². The van der Waals surface area contributed by atoms with Crippen LogP contribution in [0, 0.1) is 0 Å². The molecule has 14 heavy (non-hydrogen) atoms. The summed E-state index contributed by atoms with van der Waals surface area (Å²) in [6.07, 6.45) is 11.5. The van der Waals surface area contributed by atoms with Crippen LogP contribution >= 0.6 is 12.4 Å². The number of rotatable bonds is 1. The van der Waals surface area contributed by atoms with Gasteiger partial charge in [0.15, 0.2) is 0 Å². The first-order valence-corrected chi connectivity index (χ1v) is 4.09. The number of carbonyl (C=O) groups is 1. The van der Waals surface area contributed by atoms with Crippen molar-refractivity contribution in [3.8, 4) is 0 Å². The first-order valence-electron chi connectivity index (χ1n) is 4.09. The topological polar surface area (TPSA) is 46.3 Å². The first-order chi connectivity index (χ1) is 6.27. The Hall–Kier alpha value is -1.48. The van der Waals surface area contributed by atoms with Crippen LogP contribution in [-0.2, 0) is 4.79 Å². The molecule has 1 amide bonds. The molecule has 0 bridgehead atoms. The molecule has 2 aliphatic heterocycles. The maximum atomic E-state index is 10.9. The second-order valence-electron chi connectivity index (χ2n) is 2.98. The molecule has 0 atom stereocenters. The average molecular weight is 211 g/mol. The van der Waals surface area contributed by atoms with Gasteiger partial charge in [-0.1, -0.05) is 6.08 Å². The molecule has 3 nitrogen and oxygen atoms in total. The molecule has 0 aromatic heterocycles. The third kappa shape index (κ3) is 1.88. The van der Waals surface area contributed by atoms with Gasteiger partial charge in [0.05, 0.1) is 6.54 Å². The quantitative estimate of drug-likeness (QED) is 0.705. The predicted octanol–water partition coefficient (Wildman–Crippen LogP) is 1.10. The smallest absolute Gasteiger partial charge is 0.246 e. The highest BCUT2D eigenvalue weighted by Crippen LogP contribution is 2.18. The standard InChI is InChI=1S/C10H10N2O.ClH/c11-10(13)8-4-5-9-3-1-2-6-12(9)7-8;/h1-6H,7H2,(H2,11,13);1H. The molecule has 0 aliphatic carbocycles. The van der Waals surface area contributed by atoms with Gasteiger partial charge >= 0.3 is 0 Å². The molecule has 2 rings (SSSR count). The number of hydrogen-bond acceptors (Lipinski definition) is 2. The van der Waals surface area contributed by atoms with Crippen LogP contribution in [0.3, 0.4) is 0 Å². The lowest BCUT2D eigenvalue weighted by Crippen LogP contribution is -2.28. The van der Waals surface area contributed by atoms with Gasteiger partial charge in [0.25, 0.3) is 0 Å². The highest BCUT2D eigenvalue weighted by molar-refractivity contribution is 5.93. The van der Waals surface area contributed by atoms with E-state index >= 15 is 0 Å². The van der Waals surface area contributed by atoms with E-state index in [1.54, 1.807) is 6.08 Å². The molecular formula is C10H11ClN2O. The second kappa shape index (κ2) is 4.15. The Morgan fingerprint density at radius 2 is 2.14 bits per heavy atom. The van der Waals surface area contributed by atoms with E-state index in [2.05, 4.69) is 0 Å². The zero-order chi connectivity index (χ0) is 9.26. The largest absolute Gasteiger partial charge is 0.366 e. The Balaban J connectivity index is 0.000000980. The van der Waals surface area contributed by atoms with Crippen molar-refractivity contribution in [3.05, 3.63) is 47.9 Å². The third-order valence-electron chi connectivity index (χ3n) is 2.09. The summed E-state index contributed by atoms with van der Waals surface area (Å²) < 4.78 is 0. The van der Waals surface area contributed by atoms with Crippen LogP contribution in [0.5, 0.6) is 0 Å². The molecule has 0 radical (unpaired) electrons. The van der Waals surface area contributed by atoms with E-state index in [1.807, 2.05) is 35.4 Å². The fraction of sp³-hybridized carbons (Fsp3) is 0.100. The van der Waals surface area contributed by atoms with E-state index in [0.717, 1.165) is 5.70 Å². The zero-order valence-electron chi connectivity index (χ0n) is 7.51. The molecule has 0 spiro atoms. The number of nitrogens with two attached hydrogens (primary N) is 1. The Morgan fingerprint density at radius 3 is 2.86 bits per heavy atom. The number of primary amides is 1. The first kappa shape index (κ1) is 10.6. The number of carbonyl (C=O) groups excluding carboxylic acids is 1. The van der Waals surface area contributed by atoms with Gasteiger partial charge in [-0.15, -0.1) is 12.4 Å². The molecule has 0 saturated carbocycles. The van der Waals surface area contributed by atoms with E-state index < -0.39 is 0 Å². The summed E-state index contributed by atoms with van der Waals surface area (Å²) in [5.41, 5.74) is 6.92. The van der Waals surface area contributed by atoms with Gasteiger partial charge in [0.2, 0.25) is 5.91 Å². The SMILES string of the molecule is Cl.NC(=O)C1=CC=C2C=CC=CN2C1. The van der Waals surface area contributed by atoms with E-state index in [1.165, 1.54) is 0 Å². The minimum absolute atomic E-state index is 0. The van der Waals surface area contributed by atoms with Crippen LogP contribution in [0.1, 0.15) is 0 Å². The van der Waals surface area contributed by atoms with Crippen LogP contribution in [0.15, 0.2) is 47.9 Å². The van der Waals surface area contributed by atoms with Crippen LogP contribution in [0.2, 0.25) is 0 Å². The average Bonchev–Trinajstić information content (AvgIpc) is 2.17. The van der Waals surface area contributed by atoms with Gasteiger partial charge in [-0.3, -0.25) is 4.79 Å². The van der Waals surface area contributed by atoms with Crippen molar-refractivity contribution in [2.75, 3.05) is 6.54 Å². The van der Waals surface area contributed by atoms with Crippen molar-refractivity contribution >= 4 is 18.3 Å².